The minimum atomic E-state index is -0.885. The molecule has 3 aromatic rings. The van der Waals surface area contributed by atoms with E-state index in [1.165, 1.54) is 11.2 Å². The second-order valence-corrected chi connectivity index (χ2v) is 8.68. The predicted molar refractivity (Wildman–Crippen MR) is 127 cm³/mol. The van der Waals surface area contributed by atoms with Crippen LogP contribution in [0, 0.1) is 0 Å². The number of carbonyl (C=O) groups excluding carboxylic acids is 2. The number of benzene rings is 2. The van der Waals surface area contributed by atoms with E-state index in [1.54, 1.807) is 30.3 Å². The standard InChI is InChI=1S/C27H28N2O5/c1-2-18-9-11-19(12-10-18)25(26(30)28-20-6-3-4-7-20)29(27(31)23-8-5-15-32-23)21-13-14-22-24(16-21)34-17-33-22/h5,8-16,20,25H,2-4,6-7,17H2,1H3,(H,28,30)/t25-/m0/s1. The van der Waals surface area contributed by atoms with Crippen molar-refractivity contribution < 1.29 is 23.5 Å². The normalized spacial score (nSPS) is 15.8. The number of anilines is 1. The molecule has 2 heterocycles. The van der Waals surface area contributed by atoms with Gasteiger partial charge >= 0.3 is 0 Å². The van der Waals surface area contributed by atoms with Crippen molar-refractivity contribution in [2.45, 2.75) is 51.1 Å². The molecule has 1 atom stereocenters. The number of nitrogens with zero attached hydrogens (tertiary/aromatic N) is 1. The van der Waals surface area contributed by atoms with E-state index in [1.807, 2.05) is 24.3 Å². The van der Waals surface area contributed by atoms with E-state index in [0.29, 0.717) is 17.2 Å². The molecule has 1 fully saturated rings. The van der Waals surface area contributed by atoms with Crippen molar-refractivity contribution in [2.75, 3.05) is 11.7 Å². The second kappa shape index (κ2) is 9.63. The van der Waals surface area contributed by atoms with Crippen molar-refractivity contribution in [3.63, 3.8) is 0 Å². The Labute approximate surface area is 198 Å². The minimum absolute atomic E-state index is 0.113. The summed E-state index contributed by atoms with van der Waals surface area (Å²) in [5.74, 6) is 0.671. The number of carbonyl (C=O) groups is 2. The third kappa shape index (κ3) is 4.38. The number of hydrogen-bond donors (Lipinski definition) is 1. The summed E-state index contributed by atoms with van der Waals surface area (Å²) in [6.45, 7) is 2.20. The lowest BCUT2D eigenvalue weighted by Gasteiger charge is -2.32. The summed E-state index contributed by atoms with van der Waals surface area (Å²) in [6, 6.07) is 15.6. The van der Waals surface area contributed by atoms with Gasteiger partial charge in [0.05, 0.1) is 6.26 Å². The van der Waals surface area contributed by atoms with Gasteiger partial charge in [-0.05, 0) is 54.7 Å². The highest BCUT2D eigenvalue weighted by Crippen LogP contribution is 2.39. The van der Waals surface area contributed by atoms with E-state index in [0.717, 1.165) is 43.2 Å². The number of nitrogens with one attached hydrogen (secondary N) is 1. The molecular weight excluding hydrogens is 432 g/mol. The Kier molecular flexibility index (Phi) is 6.25. The third-order valence-corrected chi connectivity index (χ3v) is 6.50. The van der Waals surface area contributed by atoms with Gasteiger partial charge in [0.15, 0.2) is 17.3 Å². The largest absolute Gasteiger partial charge is 0.459 e. The van der Waals surface area contributed by atoms with E-state index < -0.39 is 11.9 Å². The Hall–Kier alpha value is -3.74. The molecule has 0 saturated heterocycles. The molecule has 0 bridgehead atoms. The van der Waals surface area contributed by atoms with Crippen LogP contribution in [0.3, 0.4) is 0 Å². The molecule has 34 heavy (non-hydrogen) atoms. The highest BCUT2D eigenvalue weighted by molar-refractivity contribution is 6.08. The topological polar surface area (TPSA) is 81.0 Å². The van der Waals surface area contributed by atoms with E-state index in [4.69, 9.17) is 13.9 Å². The van der Waals surface area contributed by atoms with E-state index in [2.05, 4.69) is 12.2 Å². The Morgan fingerprint density at radius 1 is 1.03 bits per heavy atom. The summed E-state index contributed by atoms with van der Waals surface area (Å²) >= 11 is 0. The first-order valence-electron chi connectivity index (χ1n) is 11.8. The van der Waals surface area contributed by atoms with E-state index >= 15 is 0 Å². The van der Waals surface area contributed by atoms with Crippen molar-refractivity contribution in [1.29, 1.82) is 0 Å². The number of amides is 2. The summed E-state index contributed by atoms with van der Waals surface area (Å²) in [7, 11) is 0. The smallest absolute Gasteiger partial charge is 0.294 e. The molecule has 1 aliphatic heterocycles. The molecule has 2 amide bonds. The van der Waals surface area contributed by atoms with Gasteiger partial charge in [-0.1, -0.05) is 44.0 Å². The zero-order chi connectivity index (χ0) is 23.5. The summed E-state index contributed by atoms with van der Waals surface area (Å²) in [5, 5.41) is 3.19. The highest BCUT2D eigenvalue weighted by Gasteiger charge is 2.36. The Bertz CT molecular complexity index is 1150. The zero-order valence-electron chi connectivity index (χ0n) is 19.2. The molecule has 2 aliphatic rings. The van der Waals surface area contributed by atoms with Gasteiger partial charge in [-0.25, -0.2) is 0 Å². The fraction of sp³-hybridized carbons (Fsp3) is 0.333. The molecule has 1 aromatic heterocycles. The first-order valence-corrected chi connectivity index (χ1v) is 11.8. The number of furan rings is 1. The van der Waals surface area contributed by atoms with Crippen LogP contribution in [0.25, 0.3) is 0 Å². The monoisotopic (exact) mass is 460 g/mol. The van der Waals surface area contributed by atoms with Gasteiger partial charge in [-0.2, -0.15) is 0 Å². The molecule has 0 spiro atoms. The Morgan fingerprint density at radius 3 is 2.50 bits per heavy atom. The Balaban J connectivity index is 1.60. The number of hydrogen-bond acceptors (Lipinski definition) is 5. The van der Waals surface area contributed by atoms with Gasteiger partial charge in [-0.3, -0.25) is 14.5 Å². The van der Waals surface area contributed by atoms with E-state index in [9.17, 15) is 9.59 Å². The molecule has 7 heteroatoms. The van der Waals surface area contributed by atoms with Gasteiger partial charge in [0, 0.05) is 17.8 Å². The SMILES string of the molecule is CCc1ccc([C@@H](C(=O)NC2CCCC2)N(C(=O)c2ccco2)c2ccc3c(c2)OCO3)cc1. The van der Waals surface area contributed by atoms with Crippen LogP contribution < -0.4 is 19.7 Å². The Morgan fingerprint density at radius 2 is 1.79 bits per heavy atom. The van der Waals surface area contributed by atoms with Crippen LogP contribution in [-0.4, -0.2) is 24.6 Å². The zero-order valence-corrected chi connectivity index (χ0v) is 19.2. The van der Waals surface area contributed by atoms with Gasteiger partial charge in [0.1, 0.15) is 6.04 Å². The summed E-state index contributed by atoms with van der Waals surface area (Å²) in [4.78, 5) is 29.0. The van der Waals surface area contributed by atoms with Crippen LogP contribution >= 0.6 is 0 Å². The lowest BCUT2D eigenvalue weighted by atomic mass is 9.99. The van der Waals surface area contributed by atoms with Gasteiger partial charge < -0.3 is 19.2 Å². The number of aryl methyl sites for hydroxylation is 1. The first kappa shape index (κ1) is 22.1. The van der Waals surface area contributed by atoms with Crippen LogP contribution in [0.15, 0.2) is 65.3 Å². The van der Waals surface area contributed by atoms with Crippen LogP contribution in [-0.2, 0) is 11.2 Å². The summed E-state index contributed by atoms with van der Waals surface area (Å²) < 4.78 is 16.5. The average Bonchev–Trinajstić information content (AvgIpc) is 3.64. The third-order valence-electron chi connectivity index (χ3n) is 6.50. The van der Waals surface area contributed by atoms with Crippen molar-refractivity contribution in [3.8, 4) is 11.5 Å². The quantitative estimate of drug-likeness (QED) is 0.536. The van der Waals surface area contributed by atoms with Crippen molar-refractivity contribution in [1.82, 2.24) is 5.32 Å². The van der Waals surface area contributed by atoms with Crippen LogP contribution in [0.1, 0.15) is 60.3 Å². The fourth-order valence-corrected chi connectivity index (χ4v) is 4.64. The summed E-state index contributed by atoms with van der Waals surface area (Å²) in [6.07, 6.45) is 6.42. The molecule has 5 rings (SSSR count). The fourth-order valence-electron chi connectivity index (χ4n) is 4.64. The van der Waals surface area contributed by atoms with Crippen LogP contribution in [0.5, 0.6) is 11.5 Å². The molecule has 1 saturated carbocycles. The molecular formula is C27H28N2O5. The summed E-state index contributed by atoms with van der Waals surface area (Å²) in [5.41, 5.74) is 2.41. The lowest BCUT2D eigenvalue weighted by Crippen LogP contribution is -2.46. The molecule has 0 radical (unpaired) electrons. The number of ether oxygens (including phenoxy) is 2. The molecule has 2 aromatic carbocycles. The maximum Gasteiger partial charge on any atom is 0.294 e. The van der Waals surface area contributed by atoms with Gasteiger partial charge in [0.25, 0.3) is 5.91 Å². The molecule has 0 unspecified atom stereocenters. The van der Waals surface area contributed by atoms with Crippen molar-refractivity contribution in [2.24, 2.45) is 0 Å². The van der Waals surface area contributed by atoms with Crippen LogP contribution in [0.4, 0.5) is 5.69 Å². The van der Waals surface area contributed by atoms with Gasteiger partial charge in [-0.15, -0.1) is 0 Å². The minimum Gasteiger partial charge on any atom is -0.459 e. The maximum atomic E-state index is 13.8. The predicted octanol–water partition coefficient (Wildman–Crippen LogP) is 5.02. The van der Waals surface area contributed by atoms with Crippen LogP contribution in [0.2, 0.25) is 0 Å². The molecule has 7 nitrogen and oxygen atoms in total. The molecule has 1 N–H and O–H groups in total. The molecule has 176 valence electrons. The number of fused-ring (bicyclic) bond motifs is 1. The maximum absolute atomic E-state index is 13.8. The highest BCUT2D eigenvalue weighted by atomic mass is 16.7. The number of rotatable bonds is 7. The second-order valence-electron chi connectivity index (χ2n) is 8.68. The molecule has 1 aliphatic carbocycles. The lowest BCUT2D eigenvalue weighted by molar-refractivity contribution is -0.123. The van der Waals surface area contributed by atoms with E-state index in [-0.39, 0.29) is 24.5 Å². The van der Waals surface area contributed by atoms with Crippen molar-refractivity contribution in [3.05, 3.63) is 77.7 Å². The average molecular weight is 461 g/mol. The van der Waals surface area contributed by atoms with Crippen molar-refractivity contribution >= 4 is 17.5 Å². The van der Waals surface area contributed by atoms with Gasteiger partial charge in [0.2, 0.25) is 12.7 Å². The first-order chi connectivity index (χ1) is 16.6.